The molecule has 0 atom stereocenters. The minimum atomic E-state index is -0.423. The van der Waals surface area contributed by atoms with Gasteiger partial charge in [-0.05, 0) is 55.9 Å². The highest BCUT2D eigenvalue weighted by Gasteiger charge is 2.19. The lowest BCUT2D eigenvalue weighted by atomic mass is 9.85. The van der Waals surface area contributed by atoms with Gasteiger partial charge < -0.3 is 4.42 Å². The van der Waals surface area contributed by atoms with Crippen LogP contribution in [0.2, 0.25) is 0 Å². The molecule has 0 aliphatic rings. The molecule has 0 fully saturated rings. The van der Waals surface area contributed by atoms with E-state index in [0.717, 1.165) is 53.2 Å². The molecule has 10 aromatic rings. The van der Waals surface area contributed by atoms with Crippen molar-refractivity contribution in [3.8, 4) is 33.4 Å². The predicted molar refractivity (Wildman–Crippen MR) is 198 cm³/mol. The Kier molecular flexibility index (Phi) is 4.08. The van der Waals surface area contributed by atoms with Crippen LogP contribution in [0.5, 0.6) is 0 Å². The van der Waals surface area contributed by atoms with Gasteiger partial charge in [-0.3, -0.25) is 0 Å². The molecule has 0 radical (unpaired) electrons. The maximum absolute atomic E-state index is 9.37. The summed E-state index contributed by atoms with van der Waals surface area (Å²) in [6.07, 6.45) is 0. The minimum Gasteiger partial charge on any atom is -0.455 e. The summed E-state index contributed by atoms with van der Waals surface area (Å²) in [7, 11) is 0. The Bertz CT molecular complexity index is 3170. The summed E-state index contributed by atoms with van der Waals surface area (Å²) in [4.78, 5) is 0. The smallest absolute Gasteiger partial charge is 0.143 e. The monoisotopic (exact) mass is 610 g/mol. The van der Waals surface area contributed by atoms with Gasteiger partial charge in [0.1, 0.15) is 11.2 Å². The van der Waals surface area contributed by atoms with Crippen molar-refractivity contribution in [3.63, 3.8) is 0 Å². The molecule has 0 aliphatic carbocycles. The van der Waals surface area contributed by atoms with E-state index in [2.05, 4.69) is 0 Å². The van der Waals surface area contributed by atoms with E-state index in [1.165, 1.54) is 0 Å². The molecule has 214 valence electrons. The first-order valence-electron chi connectivity index (χ1n) is 19.0. The number of thiophene rings is 1. The van der Waals surface area contributed by atoms with Gasteiger partial charge in [-0.2, -0.15) is 0 Å². The van der Waals surface area contributed by atoms with Gasteiger partial charge in [0.05, 0.1) is 11.0 Å². The number of benzene rings is 8. The van der Waals surface area contributed by atoms with E-state index < -0.39 is 24.2 Å². The first-order valence-corrected chi connectivity index (χ1v) is 15.8. The van der Waals surface area contributed by atoms with Crippen LogP contribution in [0.25, 0.3) is 97.0 Å². The summed E-state index contributed by atoms with van der Waals surface area (Å²) in [5, 5.41) is 4.78. The molecule has 2 heteroatoms. The van der Waals surface area contributed by atoms with Crippen LogP contribution in [0.1, 0.15) is 11.0 Å². The first-order chi connectivity index (χ1) is 26.2. The molecule has 0 aliphatic heterocycles. The standard InChI is InChI=1S/C44H26OS/c1-3-15-34-32(13-1)41(28-25-23-27(24-26-28)29-17-9-18-36-30-11-5-7-21-39(30)45-43(29)36)33-14-2-4-16-35(33)42(34)38-20-10-19-37-31-12-6-8-22-40(31)46-44(37)38/h1-26H/i1D,2D,3D,4D,13D,14D,15D,16D. The van der Waals surface area contributed by atoms with Crippen LogP contribution in [0.15, 0.2) is 162 Å². The Balaban J connectivity index is 1.34. The van der Waals surface area contributed by atoms with E-state index in [1.807, 2.05) is 109 Å². The van der Waals surface area contributed by atoms with Gasteiger partial charge in [0, 0.05) is 42.1 Å². The van der Waals surface area contributed by atoms with E-state index in [9.17, 15) is 5.48 Å². The van der Waals surface area contributed by atoms with E-state index in [-0.39, 0.29) is 45.7 Å². The van der Waals surface area contributed by atoms with Crippen LogP contribution >= 0.6 is 11.3 Å². The Labute approximate surface area is 280 Å². The number of furan rings is 1. The summed E-state index contributed by atoms with van der Waals surface area (Å²) in [6, 6.07) is 32.4. The van der Waals surface area contributed by atoms with Crippen molar-refractivity contribution in [2.45, 2.75) is 0 Å². The second kappa shape index (κ2) is 9.90. The van der Waals surface area contributed by atoms with Gasteiger partial charge in [-0.25, -0.2) is 0 Å². The molecular formula is C44H26OS. The second-order valence-corrected chi connectivity index (χ2v) is 12.4. The number of hydrogen-bond acceptors (Lipinski definition) is 2. The van der Waals surface area contributed by atoms with E-state index >= 15 is 0 Å². The third kappa shape index (κ3) is 3.68. The van der Waals surface area contributed by atoms with E-state index in [4.69, 9.17) is 9.90 Å². The molecule has 2 heterocycles. The van der Waals surface area contributed by atoms with Gasteiger partial charge in [0.25, 0.3) is 0 Å². The Hall–Kier alpha value is -5.70. The fraction of sp³-hybridized carbons (Fsp3) is 0. The van der Waals surface area contributed by atoms with Crippen molar-refractivity contribution >= 4 is 75.0 Å². The van der Waals surface area contributed by atoms with E-state index in [1.54, 1.807) is 11.3 Å². The highest BCUT2D eigenvalue weighted by atomic mass is 32.1. The van der Waals surface area contributed by atoms with Crippen molar-refractivity contribution < 1.29 is 15.4 Å². The van der Waals surface area contributed by atoms with Crippen LogP contribution in [0, 0.1) is 0 Å². The molecule has 0 saturated heterocycles. The minimum absolute atomic E-state index is 0.193. The topological polar surface area (TPSA) is 13.1 Å². The van der Waals surface area contributed by atoms with Crippen LogP contribution in [0.4, 0.5) is 0 Å². The van der Waals surface area contributed by atoms with Gasteiger partial charge in [0.2, 0.25) is 0 Å². The lowest BCUT2D eigenvalue weighted by Crippen LogP contribution is -1.91. The van der Waals surface area contributed by atoms with Crippen molar-refractivity contribution in [2.75, 3.05) is 0 Å². The van der Waals surface area contributed by atoms with Gasteiger partial charge in [-0.15, -0.1) is 11.3 Å². The zero-order chi connectivity index (χ0) is 37.2. The third-order valence-electron chi connectivity index (χ3n) is 8.94. The van der Waals surface area contributed by atoms with Crippen molar-refractivity contribution in [1.29, 1.82) is 0 Å². The maximum atomic E-state index is 9.37. The average molecular weight is 611 g/mol. The SMILES string of the molecule is [2H]c1c([2H])c([2H])c2c(-c3cccc4c3sc3ccccc34)c3c([2H])c([2H])c([2H])c([2H])c3c(-c3ccc(-c4cccc5c4oc4ccccc45)cc3)c2c1[2H]. The molecule has 46 heavy (non-hydrogen) atoms. The Morgan fingerprint density at radius 3 is 1.74 bits per heavy atom. The molecule has 0 saturated carbocycles. The molecule has 0 unspecified atom stereocenters. The van der Waals surface area contributed by atoms with Crippen LogP contribution < -0.4 is 0 Å². The molecule has 1 nitrogen and oxygen atoms in total. The maximum Gasteiger partial charge on any atom is 0.143 e. The molecule has 2 aromatic heterocycles. The van der Waals surface area contributed by atoms with Crippen LogP contribution in [-0.4, -0.2) is 0 Å². The highest BCUT2D eigenvalue weighted by Crippen LogP contribution is 2.48. The first kappa shape index (κ1) is 19.0. The van der Waals surface area contributed by atoms with Gasteiger partial charge in [-0.1, -0.05) is 145 Å². The zero-order valence-corrected chi connectivity index (χ0v) is 25.0. The summed E-state index contributed by atoms with van der Waals surface area (Å²) >= 11 is 1.55. The van der Waals surface area contributed by atoms with Crippen molar-refractivity contribution in [2.24, 2.45) is 0 Å². The third-order valence-corrected chi connectivity index (χ3v) is 10.2. The zero-order valence-electron chi connectivity index (χ0n) is 32.2. The van der Waals surface area contributed by atoms with Crippen molar-refractivity contribution in [1.82, 2.24) is 0 Å². The number of hydrogen-bond donors (Lipinski definition) is 0. The number of fused-ring (bicyclic) bond motifs is 8. The molecule has 0 spiro atoms. The lowest BCUT2D eigenvalue weighted by Gasteiger charge is -2.18. The molecule has 8 aromatic carbocycles. The number of rotatable bonds is 3. The molecule has 0 bridgehead atoms. The summed E-state index contributed by atoms with van der Waals surface area (Å²) in [6.45, 7) is 0. The van der Waals surface area contributed by atoms with Crippen LogP contribution in [0.3, 0.4) is 0 Å². The largest absolute Gasteiger partial charge is 0.455 e. The number of para-hydroxylation sites is 2. The molecule has 10 rings (SSSR count). The lowest BCUT2D eigenvalue weighted by molar-refractivity contribution is 0.670. The fourth-order valence-electron chi connectivity index (χ4n) is 6.92. The fourth-order valence-corrected chi connectivity index (χ4v) is 8.14. The average Bonchev–Trinajstić information content (AvgIpc) is 3.78. The second-order valence-electron chi connectivity index (χ2n) is 11.4. The summed E-state index contributed by atoms with van der Waals surface area (Å²) in [5.41, 5.74) is 5.11. The van der Waals surface area contributed by atoms with Crippen LogP contribution in [-0.2, 0) is 0 Å². The quantitative estimate of drug-likeness (QED) is 0.181. The van der Waals surface area contributed by atoms with Crippen molar-refractivity contribution in [3.05, 3.63) is 158 Å². The molecule has 0 N–H and O–H groups in total. The summed E-state index contributed by atoms with van der Waals surface area (Å²) in [5.74, 6) is 0. The van der Waals surface area contributed by atoms with Gasteiger partial charge >= 0.3 is 0 Å². The predicted octanol–water partition coefficient (Wildman–Crippen LogP) is 13.3. The van der Waals surface area contributed by atoms with Gasteiger partial charge in [0.15, 0.2) is 0 Å². The molecular weight excluding hydrogens is 577 g/mol. The normalized spacial score (nSPS) is 14.3. The summed E-state index contributed by atoms with van der Waals surface area (Å²) < 4.78 is 80.9. The molecule has 0 amide bonds. The Morgan fingerprint density at radius 2 is 1.00 bits per heavy atom. The highest BCUT2D eigenvalue weighted by molar-refractivity contribution is 7.26. The van der Waals surface area contributed by atoms with E-state index in [0.29, 0.717) is 22.3 Å². The Morgan fingerprint density at radius 1 is 0.435 bits per heavy atom.